The molecule has 22 heavy (non-hydrogen) atoms. The first kappa shape index (κ1) is 13.7. The molecule has 0 aliphatic heterocycles. The number of aryl methyl sites for hydroxylation is 1. The summed E-state index contributed by atoms with van der Waals surface area (Å²) in [6, 6.07) is 9.39. The molecule has 0 saturated carbocycles. The zero-order chi connectivity index (χ0) is 15.9. The molecule has 1 aromatic heterocycles. The number of aromatic amines is 1. The van der Waals surface area contributed by atoms with Crippen LogP contribution >= 0.6 is 0 Å². The molecule has 110 valence electrons. The number of nitro benzene ring substituents is 1. The molecular formula is C15H11N3O4. The van der Waals surface area contributed by atoms with Crippen LogP contribution in [-0.4, -0.2) is 26.0 Å². The van der Waals surface area contributed by atoms with E-state index in [1.807, 2.05) is 0 Å². The predicted molar refractivity (Wildman–Crippen MR) is 79.9 cm³/mol. The van der Waals surface area contributed by atoms with Gasteiger partial charge in [0.25, 0.3) is 5.69 Å². The van der Waals surface area contributed by atoms with Crippen molar-refractivity contribution >= 4 is 22.7 Å². The van der Waals surface area contributed by atoms with Gasteiger partial charge in [-0.25, -0.2) is 9.78 Å². The molecule has 2 N–H and O–H groups in total. The van der Waals surface area contributed by atoms with Crippen molar-refractivity contribution < 1.29 is 14.8 Å². The number of fused-ring (bicyclic) bond motifs is 1. The van der Waals surface area contributed by atoms with Crippen LogP contribution in [0.15, 0.2) is 36.4 Å². The molecule has 0 unspecified atom stereocenters. The SMILES string of the molecule is Cc1ccc(-c2nc3ccc(C(=O)O)cc3[nH]2)cc1[N+](=O)[O-]. The first-order valence-corrected chi connectivity index (χ1v) is 6.44. The van der Waals surface area contributed by atoms with Crippen LogP contribution in [0.5, 0.6) is 0 Å². The van der Waals surface area contributed by atoms with Crippen LogP contribution in [0.4, 0.5) is 5.69 Å². The molecule has 2 aromatic carbocycles. The zero-order valence-corrected chi connectivity index (χ0v) is 11.5. The molecule has 0 atom stereocenters. The number of hydrogen-bond acceptors (Lipinski definition) is 4. The van der Waals surface area contributed by atoms with Gasteiger partial charge in [-0.1, -0.05) is 12.1 Å². The summed E-state index contributed by atoms with van der Waals surface area (Å²) in [5, 5.41) is 20.0. The third-order valence-electron chi connectivity index (χ3n) is 3.41. The van der Waals surface area contributed by atoms with Crippen LogP contribution < -0.4 is 0 Å². The summed E-state index contributed by atoms with van der Waals surface area (Å²) >= 11 is 0. The van der Waals surface area contributed by atoms with Gasteiger partial charge in [0.1, 0.15) is 5.82 Å². The minimum atomic E-state index is -1.02. The molecule has 1 heterocycles. The molecule has 0 saturated heterocycles. The fraction of sp³-hybridized carbons (Fsp3) is 0.0667. The zero-order valence-electron chi connectivity index (χ0n) is 11.5. The standard InChI is InChI=1S/C15H11N3O4/c1-8-2-3-9(7-13(8)18(21)22)14-16-11-5-4-10(15(19)20)6-12(11)17-14/h2-7H,1H3,(H,16,17)(H,19,20). The number of carbonyl (C=O) groups is 1. The van der Waals surface area contributed by atoms with Crippen LogP contribution in [0, 0.1) is 17.0 Å². The van der Waals surface area contributed by atoms with Gasteiger partial charge in [-0.3, -0.25) is 10.1 Å². The van der Waals surface area contributed by atoms with Crippen molar-refractivity contribution in [1.82, 2.24) is 9.97 Å². The fourth-order valence-corrected chi connectivity index (χ4v) is 2.23. The van der Waals surface area contributed by atoms with E-state index in [9.17, 15) is 14.9 Å². The second-order valence-electron chi connectivity index (χ2n) is 4.88. The van der Waals surface area contributed by atoms with Crippen LogP contribution in [0.1, 0.15) is 15.9 Å². The van der Waals surface area contributed by atoms with Crippen LogP contribution in [0.3, 0.4) is 0 Å². The molecule has 0 bridgehead atoms. The van der Waals surface area contributed by atoms with Gasteiger partial charge >= 0.3 is 5.97 Å². The topological polar surface area (TPSA) is 109 Å². The maximum absolute atomic E-state index is 11.0. The Kier molecular flexibility index (Phi) is 3.10. The van der Waals surface area contributed by atoms with E-state index in [0.717, 1.165) is 0 Å². The molecule has 0 spiro atoms. The lowest BCUT2D eigenvalue weighted by atomic mass is 10.1. The molecule has 0 aliphatic carbocycles. The number of nitrogens with one attached hydrogen (secondary N) is 1. The van der Waals surface area contributed by atoms with Crippen LogP contribution in [-0.2, 0) is 0 Å². The first-order chi connectivity index (χ1) is 10.5. The van der Waals surface area contributed by atoms with E-state index < -0.39 is 10.9 Å². The Morgan fingerprint density at radius 3 is 2.73 bits per heavy atom. The average Bonchev–Trinajstić information content (AvgIpc) is 2.90. The van der Waals surface area contributed by atoms with Crippen LogP contribution in [0.25, 0.3) is 22.4 Å². The highest BCUT2D eigenvalue weighted by molar-refractivity contribution is 5.93. The summed E-state index contributed by atoms with van der Waals surface area (Å²) in [5.74, 6) is -0.565. The van der Waals surface area contributed by atoms with Crippen molar-refractivity contribution in [2.45, 2.75) is 6.92 Å². The van der Waals surface area contributed by atoms with Gasteiger partial charge in [-0.05, 0) is 25.1 Å². The Hall–Kier alpha value is -3.22. The van der Waals surface area contributed by atoms with E-state index in [0.29, 0.717) is 28.0 Å². The van der Waals surface area contributed by atoms with Gasteiger partial charge in [0.2, 0.25) is 0 Å². The molecular weight excluding hydrogens is 286 g/mol. The van der Waals surface area contributed by atoms with Gasteiger partial charge in [-0.2, -0.15) is 0 Å². The smallest absolute Gasteiger partial charge is 0.335 e. The van der Waals surface area contributed by atoms with Gasteiger partial charge in [0.15, 0.2) is 0 Å². The minimum Gasteiger partial charge on any atom is -0.478 e. The summed E-state index contributed by atoms with van der Waals surface area (Å²) in [5.41, 5.74) is 2.48. The van der Waals surface area contributed by atoms with Gasteiger partial charge < -0.3 is 10.1 Å². The summed E-state index contributed by atoms with van der Waals surface area (Å²) in [7, 11) is 0. The molecule has 3 aromatic rings. The van der Waals surface area contributed by atoms with Crippen molar-refractivity contribution in [3.63, 3.8) is 0 Å². The number of rotatable bonds is 3. The highest BCUT2D eigenvalue weighted by atomic mass is 16.6. The minimum absolute atomic E-state index is 0.0178. The third-order valence-corrected chi connectivity index (χ3v) is 3.41. The van der Waals surface area contributed by atoms with Gasteiger partial charge in [-0.15, -0.1) is 0 Å². The Bertz CT molecular complexity index is 914. The fourth-order valence-electron chi connectivity index (χ4n) is 2.23. The van der Waals surface area contributed by atoms with Crippen LogP contribution in [0.2, 0.25) is 0 Å². The summed E-state index contributed by atoms with van der Waals surface area (Å²) in [6.07, 6.45) is 0. The highest BCUT2D eigenvalue weighted by Gasteiger charge is 2.14. The number of imidazole rings is 1. The Morgan fingerprint density at radius 1 is 1.27 bits per heavy atom. The van der Waals surface area contributed by atoms with E-state index in [-0.39, 0.29) is 11.3 Å². The van der Waals surface area contributed by atoms with E-state index in [4.69, 9.17) is 5.11 Å². The van der Waals surface area contributed by atoms with Gasteiger partial charge in [0.05, 0.1) is 21.5 Å². The summed E-state index contributed by atoms with van der Waals surface area (Å²) in [6.45, 7) is 1.67. The quantitative estimate of drug-likeness (QED) is 0.570. The molecule has 3 rings (SSSR count). The molecule has 0 aliphatic rings. The van der Waals surface area contributed by atoms with Crippen molar-refractivity contribution in [2.75, 3.05) is 0 Å². The average molecular weight is 297 g/mol. The monoisotopic (exact) mass is 297 g/mol. The number of carboxylic acids is 1. The van der Waals surface area contributed by atoms with Crippen molar-refractivity contribution in [1.29, 1.82) is 0 Å². The molecule has 0 radical (unpaired) electrons. The van der Waals surface area contributed by atoms with E-state index in [1.54, 1.807) is 25.1 Å². The maximum atomic E-state index is 11.0. The molecule has 7 nitrogen and oxygen atoms in total. The Balaban J connectivity index is 2.12. The second kappa shape index (κ2) is 4.96. The largest absolute Gasteiger partial charge is 0.478 e. The molecule has 0 fully saturated rings. The first-order valence-electron chi connectivity index (χ1n) is 6.44. The summed E-state index contributed by atoms with van der Waals surface area (Å²) in [4.78, 5) is 28.9. The number of nitrogens with zero attached hydrogens (tertiary/aromatic N) is 2. The number of nitro groups is 1. The van der Waals surface area contributed by atoms with E-state index in [2.05, 4.69) is 9.97 Å². The van der Waals surface area contributed by atoms with Crippen molar-refractivity contribution in [2.24, 2.45) is 0 Å². The van der Waals surface area contributed by atoms with E-state index >= 15 is 0 Å². The lowest BCUT2D eigenvalue weighted by Crippen LogP contribution is -1.94. The number of aromatic carboxylic acids is 1. The van der Waals surface area contributed by atoms with E-state index in [1.165, 1.54) is 18.2 Å². The van der Waals surface area contributed by atoms with Crippen molar-refractivity contribution in [3.05, 3.63) is 57.6 Å². The normalized spacial score (nSPS) is 10.8. The Morgan fingerprint density at radius 2 is 2.05 bits per heavy atom. The maximum Gasteiger partial charge on any atom is 0.335 e. The Labute approximate surface area is 124 Å². The summed E-state index contributed by atoms with van der Waals surface area (Å²) < 4.78 is 0. The van der Waals surface area contributed by atoms with Gasteiger partial charge in [0, 0.05) is 17.2 Å². The second-order valence-corrected chi connectivity index (χ2v) is 4.88. The third kappa shape index (κ3) is 2.28. The number of aromatic nitrogens is 2. The number of H-pyrrole nitrogens is 1. The predicted octanol–water partition coefficient (Wildman–Crippen LogP) is 3.14. The number of benzene rings is 2. The number of carboxylic acid groups (broad SMARTS) is 1. The lowest BCUT2D eigenvalue weighted by Gasteiger charge is -2.00. The number of hydrogen-bond donors (Lipinski definition) is 2. The molecule has 7 heteroatoms. The lowest BCUT2D eigenvalue weighted by molar-refractivity contribution is -0.385. The molecule has 0 amide bonds. The highest BCUT2D eigenvalue weighted by Crippen LogP contribution is 2.27. The van der Waals surface area contributed by atoms with Crippen molar-refractivity contribution in [3.8, 4) is 11.4 Å².